The Morgan fingerprint density at radius 3 is 1.77 bits per heavy atom. The fraction of sp³-hybridized carbons (Fsp3) is 0.0556. The van der Waals surface area contributed by atoms with E-state index in [-0.39, 0.29) is 0 Å². The van der Waals surface area contributed by atoms with Crippen LogP contribution in [-0.4, -0.2) is 9.97 Å². The molecule has 0 unspecified atom stereocenters. The fourth-order valence-electron chi connectivity index (χ4n) is 5.89. The van der Waals surface area contributed by atoms with E-state index in [0.29, 0.717) is 0 Å². The molecule has 0 saturated heterocycles. The second-order valence-corrected chi connectivity index (χ2v) is 10.4. The number of hydrogen-bond acceptors (Lipinski definition) is 3. The summed E-state index contributed by atoms with van der Waals surface area (Å²) in [7, 11) is 0. The Bertz CT molecular complexity index is 2360. The van der Waals surface area contributed by atoms with Gasteiger partial charge in [0.15, 0.2) is 5.58 Å². The van der Waals surface area contributed by atoms with Gasteiger partial charge in [-0.25, -0.2) is 4.98 Å². The van der Waals surface area contributed by atoms with Crippen LogP contribution in [0.25, 0.3) is 76.1 Å². The molecule has 0 aliphatic heterocycles. The molecule has 0 fully saturated rings. The average molecular weight is 501 g/mol. The van der Waals surface area contributed by atoms with E-state index in [4.69, 9.17) is 14.4 Å². The molecule has 0 aliphatic rings. The summed E-state index contributed by atoms with van der Waals surface area (Å²) < 4.78 is 6.71. The molecule has 0 N–H and O–H groups in total. The van der Waals surface area contributed by atoms with E-state index < -0.39 is 0 Å². The molecular formula is C36H24N2O. The van der Waals surface area contributed by atoms with Gasteiger partial charge in [-0.15, -0.1) is 0 Å². The third kappa shape index (κ3) is 3.44. The monoisotopic (exact) mass is 500 g/mol. The first kappa shape index (κ1) is 22.0. The molecule has 0 radical (unpaired) electrons. The second-order valence-electron chi connectivity index (χ2n) is 10.4. The van der Waals surface area contributed by atoms with Crippen molar-refractivity contribution in [1.29, 1.82) is 0 Å². The summed E-state index contributed by atoms with van der Waals surface area (Å²) in [5, 5.41) is 11.2. The van der Waals surface area contributed by atoms with Crippen LogP contribution in [0, 0.1) is 13.8 Å². The molecule has 4 aromatic heterocycles. The third-order valence-electron chi connectivity index (χ3n) is 7.83. The molecule has 0 atom stereocenters. The van der Waals surface area contributed by atoms with Crippen molar-refractivity contribution < 1.29 is 4.42 Å². The second kappa shape index (κ2) is 8.24. The number of aryl methyl sites for hydroxylation is 2. The quantitative estimate of drug-likeness (QED) is 0.208. The Kier molecular flexibility index (Phi) is 4.65. The molecule has 0 amide bonds. The van der Waals surface area contributed by atoms with Crippen molar-refractivity contribution >= 4 is 76.1 Å². The average Bonchev–Trinajstić information content (AvgIpc) is 3.35. The molecule has 0 aliphatic carbocycles. The highest BCUT2D eigenvalue weighted by atomic mass is 16.3. The third-order valence-corrected chi connectivity index (χ3v) is 7.83. The normalized spacial score (nSPS) is 11.8. The zero-order valence-electron chi connectivity index (χ0n) is 21.7. The lowest BCUT2D eigenvalue weighted by molar-refractivity contribution is 0.675. The fourth-order valence-corrected chi connectivity index (χ4v) is 5.89. The van der Waals surface area contributed by atoms with Gasteiger partial charge in [-0.3, -0.25) is 4.98 Å². The number of furan rings is 1. The van der Waals surface area contributed by atoms with Gasteiger partial charge >= 0.3 is 0 Å². The molecule has 8 aromatic rings. The van der Waals surface area contributed by atoms with Crippen LogP contribution < -0.4 is 0 Å². The Morgan fingerprint density at radius 1 is 0.513 bits per heavy atom. The van der Waals surface area contributed by atoms with Crippen molar-refractivity contribution in [1.82, 2.24) is 9.97 Å². The summed E-state index contributed by atoms with van der Waals surface area (Å²) in [4.78, 5) is 9.81. The van der Waals surface area contributed by atoms with E-state index in [0.717, 1.165) is 60.4 Å². The van der Waals surface area contributed by atoms with Crippen molar-refractivity contribution in [3.05, 3.63) is 121 Å². The van der Waals surface area contributed by atoms with Gasteiger partial charge in [0.1, 0.15) is 11.1 Å². The van der Waals surface area contributed by atoms with Gasteiger partial charge in [-0.1, -0.05) is 66.7 Å². The molecule has 3 nitrogen and oxygen atoms in total. The highest BCUT2D eigenvalue weighted by Gasteiger charge is 2.14. The van der Waals surface area contributed by atoms with Crippen LogP contribution in [-0.2, 0) is 0 Å². The van der Waals surface area contributed by atoms with Gasteiger partial charge in [0, 0.05) is 28.0 Å². The van der Waals surface area contributed by atoms with Crippen LogP contribution >= 0.6 is 0 Å². The minimum absolute atomic E-state index is 0.770. The molecule has 10 bridgehead atoms. The van der Waals surface area contributed by atoms with Crippen molar-refractivity contribution in [2.24, 2.45) is 0 Å². The molecule has 0 saturated carbocycles. The lowest BCUT2D eigenvalue weighted by atomic mass is 10.0. The summed E-state index contributed by atoms with van der Waals surface area (Å²) in [5.41, 5.74) is 5.44. The van der Waals surface area contributed by atoms with E-state index >= 15 is 0 Å². The molecule has 39 heavy (non-hydrogen) atoms. The van der Waals surface area contributed by atoms with Gasteiger partial charge in [0.2, 0.25) is 0 Å². The van der Waals surface area contributed by atoms with Crippen LogP contribution in [0.4, 0.5) is 0 Å². The topological polar surface area (TPSA) is 38.9 Å². The van der Waals surface area contributed by atoms with Gasteiger partial charge < -0.3 is 4.42 Å². The number of fused-ring (bicyclic) bond motifs is 14. The van der Waals surface area contributed by atoms with Crippen molar-refractivity contribution in [2.45, 2.75) is 13.8 Å². The number of para-hydroxylation sites is 1. The van der Waals surface area contributed by atoms with Crippen LogP contribution in [0.1, 0.15) is 11.3 Å². The zero-order valence-corrected chi connectivity index (χ0v) is 21.7. The molecule has 0 spiro atoms. The first-order valence-electron chi connectivity index (χ1n) is 13.2. The van der Waals surface area contributed by atoms with E-state index in [9.17, 15) is 0 Å². The lowest BCUT2D eigenvalue weighted by Gasteiger charge is -2.03. The van der Waals surface area contributed by atoms with Crippen LogP contribution in [0.3, 0.4) is 0 Å². The Hall–Kier alpha value is -5.02. The first-order valence-corrected chi connectivity index (χ1v) is 13.2. The van der Waals surface area contributed by atoms with Gasteiger partial charge in [-0.05, 0) is 93.5 Å². The summed E-state index contributed by atoms with van der Waals surface area (Å²) in [6.07, 6.45) is 1.97. The molecule has 8 rings (SSSR count). The smallest absolute Gasteiger partial charge is 0.163 e. The number of pyridine rings is 2. The van der Waals surface area contributed by atoms with Gasteiger partial charge in [0.05, 0.1) is 5.52 Å². The van der Waals surface area contributed by atoms with Crippen molar-refractivity contribution in [2.75, 3.05) is 0 Å². The highest BCUT2D eigenvalue weighted by molar-refractivity contribution is 6.17. The summed E-state index contributed by atoms with van der Waals surface area (Å²) in [6, 6.07) is 36.9. The maximum atomic E-state index is 6.71. The molecule has 4 aromatic carbocycles. The predicted octanol–water partition coefficient (Wildman–Crippen LogP) is 9.88. The summed E-state index contributed by atoms with van der Waals surface area (Å²) >= 11 is 0. The van der Waals surface area contributed by atoms with E-state index in [1.807, 2.05) is 13.1 Å². The van der Waals surface area contributed by atoms with Crippen molar-refractivity contribution in [3.8, 4) is 0 Å². The minimum atomic E-state index is 0.770. The van der Waals surface area contributed by atoms with Gasteiger partial charge in [-0.2, -0.15) is 0 Å². The number of hydrogen-bond donors (Lipinski definition) is 0. The largest absolute Gasteiger partial charge is 0.453 e. The van der Waals surface area contributed by atoms with E-state index in [2.05, 4.69) is 110 Å². The van der Waals surface area contributed by atoms with E-state index in [1.54, 1.807) is 0 Å². The van der Waals surface area contributed by atoms with Crippen molar-refractivity contribution in [3.63, 3.8) is 0 Å². The standard InChI is InChI=1S/C36H24N2O/c1-21-20-37-33-19-31(21)28-12-5-10-26(18-28)24-8-3-7-23(16-24)25-9-4-11-27(17-25)29-13-6-14-30-34-36(39-35(29)30)32(33)15-22(2)38-34/h3-20H,1-2H3. The van der Waals surface area contributed by atoms with Gasteiger partial charge in [0.25, 0.3) is 0 Å². The first-order chi connectivity index (χ1) is 19.1. The van der Waals surface area contributed by atoms with Crippen LogP contribution in [0.2, 0.25) is 0 Å². The summed E-state index contributed by atoms with van der Waals surface area (Å²) in [5.74, 6) is 0. The molecular weight excluding hydrogens is 476 g/mol. The molecule has 184 valence electrons. The number of benzene rings is 4. The Morgan fingerprint density at radius 2 is 1.08 bits per heavy atom. The minimum Gasteiger partial charge on any atom is -0.453 e. The number of nitrogens with zero attached hydrogens (tertiary/aromatic N) is 2. The maximum Gasteiger partial charge on any atom is 0.163 e. The Balaban J connectivity index is 1.70. The lowest BCUT2D eigenvalue weighted by Crippen LogP contribution is -1.85. The highest BCUT2D eigenvalue weighted by Crippen LogP contribution is 2.36. The van der Waals surface area contributed by atoms with Crippen LogP contribution in [0.5, 0.6) is 0 Å². The SMILES string of the molecule is Cc1cc2c3cc(c(C)cn3)c3cccc(c3)c3cccc(c3)c3cccc(c3)c3cccc4c(n1)c2oc34. The summed E-state index contributed by atoms with van der Waals surface area (Å²) in [6.45, 7) is 4.16. The number of aromatic nitrogens is 2. The maximum absolute atomic E-state index is 6.71. The molecule has 4 heterocycles. The molecule has 3 heteroatoms. The Labute approximate surface area is 224 Å². The number of rotatable bonds is 0. The predicted molar refractivity (Wildman–Crippen MR) is 164 cm³/mol. The zero-order chi connectivity index (χ0) is 26.1. The van der Waals surface area contributed by atoms with Crippen LogP contribution in [0.15, 0.2) is 114 Å². The van der Waals surface area contributed by atoms with E-state index in [1.165, 1.54) is 26.9 Å².